The first kappa shape index (κ1) is 55.1. The third-order valence-corrected chi connectivity index (χ3v) is 17.8. The summed E-state index contributed by atoms with van der Waals surface area (Å²) in [6.45, 7) is 14.7. The van der Waals surface area contributed by atoms with Crippen LogP contribution in [0.5, 0.6) is 0 Å². The Morgan fingerprint density at radius 3 is 1.96 bits per heavy atom. The molecule has 3 heterocycles. The van der Waals surface area contributed by atoms with E-state index in [0.29, 0.717) is 24.3 Å². The average Bonchev–Trinajstić information content (AvgIpc) is 3.66. The number of fused-ring (bicyclic) bond motifs is 2. The molecule has 4 fully saturated rings. The molecule has 0 spiro atoms. The maximum Gasteiger partial charge on any atom is 0.246 e. The number of thiocarbonyl (C=S) groups is 1. The third kappa shape index (κ3) is 13.8. The minimum absolute atomic E-state index is 0.0152. The van der Waals surface area contributed by atoms with Crippen molar-refractivity contribution in [3.8, 4) is 23.7 Å². The second-order valence-corrected chi connectivity index (χ2v) is 23.6. The molecule has 378 valence electrons. The van der Waals surface area contributed by atoms with Crippen LogP contribution in [-0.2, 0) is 33.4 Å². The molecule has 3 aliphatic heterocycles. The van der Waals surface area contributed by atoms with Crippen molar-refractivity contribution in [2.75, 3.05) is 45.0 Å². The number of thioether (sulfide) groups is 2. The highest BCUT2D eigenvalue weighted by Gasteiger charge is 2.57. The summed E-state index contributed by atoms with van der Waals surface area (Å²) in [5, 5.41) is 12.7. The SMILES string of the molecule is CC[C@@H](C)C(=S)N[C@H]1CCS[C@H]2CC(C)(C)[C@@H](C(=O)N[C@H](COCC#CC#CCOC[C@@H](NC(=O)[C@H]3C4C(=O)[C@@H](CC(=O)[C@H](C)NC)CCS[C@H]4CC3(C)C)c3ccccc3)c3ccccc3)N2C1=O. The highest BCUT2D eigenvalue weighted by Crippen LogP contribution is 2.54. The second-order valence-electron chi connectivity index (χ2n) is 20.6. The minimum atomic E-state index is -0.678. The highest BCUT2D eigenvalue weighted by atomic mass is 32.2. The fraction of sp³-hybridized carbons (Fsp3) is 0.600. The molecule has 1 unspecified atom stereocenters. The van der Waals surface area contributed by atoms with Crippen LogP contribution in [0.25, 0.3) is 0 Å². The summed E-state index contributed by atoms with van der Waals surface area (Å²) in [6.07, 6.45) is 3.78. The van der Waals surface area contributed by atoms with Crippen LogP contribution in [0, 0.1) is 58.2 Å². The Kier molecular flexibility index (Phi) is 20.0. The zero-order chi connectivity index (χ0) is 50.6. The predicted octanol–water partition coefficient (Wildman–Crippen LogP) is 7.08. The Morgan fingerprint density at radius 1 is 0.814 bits per heavy atom. The van der Waals surface area contributed by atoms with E-state index >= 15 is 0 Å². The van der Waals surface area contributed by atoms with E-state index in [1.165, 1.54) is 0 Å². The number of nitrogens with one attached hydrogen (secondary N) is 4. The molecule has 2 aromatic carbocycles. The van der Waals surface area contributed by atoms with E-state index in [1.807, 2.05) is 67.6 Å². The normalized spacial score (nSPS) is 26.2. The van der Waals surface area contributed by atoms with Crippen LogP contribution in [0.3, 0.4) is 0 Å². The molecule has 70 heavy (non-hydrogen) atoms. The van der Waals surface area contributed by atoms with Crippen LogP contribution < -0.4 is 21.3 Å². The smallest absolute Gasteiger partial charge is 0.246 e. The summed E-state index contributed by atoms with van der Waals surface area (Å²) in [6, 6.07) is 16.8. The number of ketones is 2. The maximum atomic E-state index is 14.4. The number of hydrogen-bond donors (Lipinski definition) is 4. The van der Waals surface area contributed by atoms with Crippen molar-refractivity contribution in [3.05, 3.63) is 71.8 Å². The van der Waals surface area contributed by atoms with Crippen molar-refractivity contribution in [2.45, 2.75) is 128 Å². The van der Waals surface area contributed by atoms with Crippen molar-refractivity contribution >= 4 is 70.0 Å². The van der Waals surface area contributed by atoms with Gasteiger partial charge in [0.2, 0.25) is 17.7 Å². The van der Waals surface area contributed by atoms with Crippen LogP contribution in [0.15, 0.2) is 60.7 Å². The molecule has 2 aromatic rings. The number of ether oxygens (including phenoxy) is 2. The number of carbonyl (C=O) groups excluding carboxylic acids is 5. The molecule has 0 bridgehead atoms. The maximum absolute atomic E-state index is 14.4. The molecule has 1 aliphatic carbocycles. The van der Waals surface area contributed by atoms with Crippen molar-refractivity contribution in [2.24, 2.45) is 34.5 Å². The number of carbonyl (C=O) groups is 5. The van der Waals surface area contributed by atoms with Gasteiger partial charge in [-0.3, -0.25) is 24.0 Å². The van der Waals surface area contributed by atoms with Gasteiger partial charge in [0, 0.05) is 29.4 Å². The molecule has 15 heteroatoms. The predicted molar refractivity (Wildman–Crippen MR) is 284 cm³/mol. The van der Waals surface area contributed by atoms with Gasteiger partial charge in [-0.1, -0.05) is 126 Å². The van der Waals surface area contributed by atoms with Crippen LogP contribution >= 0.6 is 35.7 Å². The summed E-state index contributed by atoms with van der Waals surface area (Å²) >= 11 is 9.15. The Morgan fingerprint density at radius 2 is 1.39 bits per heavy atom. The largest absolute Gasteiger partial charge is 0.368 e. The molecule has 12 nitrogen and oxygen atoms in total. The summed E-state index contributed by atoms with van der Waals surface area (Å²) in [5.74, 6) is 11.4. The van der Waals surface area contributed by atoms with E-state index < -0.39 is 52.8 Å². The van der Waals surface area contributed by atoms with Gasteiger partial charge in [0.1, 0.15) is 36.9 Å². The van der Waals surface area contributed by atoms with Gasteiger partial charge < -0.3 is 35.6 Å². The van der Waals surface area contributed by atoms with Gasteiger partial charge >= 0.3 is 0 Å². The van der Waals surface area contributed by atoms with Gasteiger partial charge in [-0.25, -0.2) is 0 Å². The number of nitrogens with zero attached hydrogens (tertiary/aromatic N) is 1. The number of likely N-dealkylation sites (N-methyl/N-ethyl adjacent to an activating group) is 1. The Bertz CT molecular complexity index is 2130. The fourth-order valence-electron chi connectivity index (χ4n) is 10.4. The second kappa shape index (κ2) is 25.4. The quantitative estimate of drug-likeness (QED) is 0.0646. The van der Waals surface area contributed by atoms with Gasteiger partial charge in [0.25, 0.3) is 0 Å². The monoisotopic (exact) mass is 1010 g/mol. The van der Waals surface area contributed by atoms with E-state index in [4.69, 9.17) is 21.7 Å². The first-order valence-corrected chi connectivity index (χ1v) is 27.4. The molecule has 6 rings (SSSR count). The molecule has 4 N–H and O–H groups in total. The van der Waals surface area contributed by atoms with Crippen LogP contribution in [0.2, 0.25) is 0 Å². The lowest BCUT2D eigenvalue weighted by molar-refractivity contribution is -0.142. The van der Waals surface area contributed by atoms with Gasteiger partial charge in [-0.05, 0) is 91.4 Å². The highest BCUT2D eigenvalue weighted by molar-refractivity contribution is 8.00. The number of rotatable bonds is 19. The van der Waals surface area contributed by atoms with Crippen LogP contribution in [0.4, 0.5) is 0 Å². The summed E-state index contributed by atoms with van der Waals surface area (Å²) in [5.41, 5.74) is 0.860. The van der Waals surface area contributed by atoms with E-state index in [2.05, 4.69) is 86.5 Å². The number of hydrogen-bond acceptors (Lipinski definition) is 11. The summed E-state index contributed by atoms with van der Waals surface area (Å²) in [4.78, 5) is 72.6. The van der Waals surface area contributed by atoms with Crippen molar-refractivity contribution in [3.63, 3.8) is 0 Å². The lowest BCUT2D eigenvalue weighted by atomic mass is 9.74. The van der Waals surface area contributed by atoms with Crippen molar-refractivity contribution in [1.82, 2.24) is 26.2 Å². The Balaban J connectivity index is 1.04. The molecular weight excluding hydrogens is 939 g/mol. The van der Waals surface area contributed by atoms with Gasteiger partial charge in [0.15, 0.2) is 0 Å². The van der Waals surface area contributed by atoms with E-state index in [1.54, 1.807) is 35.5 Å². The van der Waals surface area contributed by atoms with E-state index in [9.17, 15) is 24.0 Å². The van der Waals surface area contributed by atoms with Gasteiger partial charge in [-0.15, -0.1) is 11.8 Å². The van der Waals surface area contributed by atoms with Crippen LogP contribution in [-0.4, -0.2) is 113 Å². The Hall–Kier alpha value is -4.22. The van der Waals surface area contributed by atoms with Crippen molar-refractivity contribution in [1.29, 1.82) is 0 Å². The zero-order valence-electron chi connectivity index (χ0n) is 42.1. The molecule has 3 amide bonds. The lowest BCUT2D eigenvalue weighted by Crippen LogP contribution is -2.57. The lowest BCUT2D eigenvalue weighted by Gasteiger charge is -2.35. The average molecular weight is 1010 g/mol. The molecule has 4 aliphatic rings. The Labute approximate surface area is 430 Å². The minimum Gasteiger partial charge on any atom is -0.368 e. The third-order valence-electron chi connectivity index (χ3n) is 14.6. The molecule has 1 saturated carbocycles. The molecule has 3 saturated heterocycles. The van der Waals surface area contributed by atoms with Gasteiger partial charge in [0.05, 0.1) is 47.6 Å². The van der Waals surface area contributed by atoms with Crippen LogP contribution in [0.1, 0.15) is 110 Å². The molecular formula is C55H73N5O7S3. The number of amides is 3. The van der Waals surface area contributed by atoms with Crippen molar-refractivity contribution < 1.29 is 33.4 Å². The molecule has 0 radical (unpaired) electrons. The first-order chi connectivity index (χ1) is 33.5. The van der Waals surface area contributed by atoms with E-state index in [-0.39, 0.29) is 84.7 Å². The summed E-state index contributed by atoms with van der Waals surface area (Å²) in [7, 11) is 1.74. The zero-order valence-corrected chi connectivity index (χ0v) is 44.6. The van der Waals surface area contributed by atoms with Gasteiger partial charge in [-0.2, -0.15) is 11.8 Å². The molecule has 0 aromatic heterocycles. The fourth-order valence-corrected chi connectivity index (χ4v) is 14.0. The molecule has 11 atom stereocenters. The van der Waals surface area contributed by atoms with E-state index in [0.717, 1.165) is 35.5 Å². The number of Topliss-reactive ketones (excluding diaryl/α,β-unsaturated/α-hetero) is 2. The first-order valence-electron chi connectivity index (χ1n) is 24.9. The standard InChI is InChI=1S/C55H73N5O7S3/c1-9-35(2)52(68)59-40-25-29-70-45-32-55(6,7)49(60(45)53(40)65)51(64)58-42(38-22-16-13-17-23-38)34-67-27-19-11-10-18-26-66-33-41(37-20-14-12-15-21-37)57-50(63)47-46-44(31-54(47,4)5)69-28-24-39(48(46)62)30-43(61)36(3)56-8/h12-17,20-23,35-36,39-42,44-47,49,56H,9,24-34H2,1-8H3,(H,57,63)(H,58,64)(H,59,68)/t35-,36+,39-,40+,41-,42-,44+,45+,46?,47-,49-/m1/s1. The summed E-state index contributed by atoms with van der Waals surface area (Å²) < 4.78 is 12.0. The number of benzene rings is 2. The topological polar surface area (TPSA) is 155 Å².